The highest BCUT2D eigenvalue weighted by Gasteiger charge is 2.06. The first-order chi connectivity index (χ1) is 9.18. The van der Waals surface area contributed by atoms with E-state index >= 15 is 0 Å². The van der Waals surface area contributed by atoms with Crippen molar-refractivity contribution in [3.05, 3.63) is 30.3 Å². The Morgan fingerprint density at radius 1 is 1.32 bits per heavy atom. The summed E-state index contributed by atoms with van der Waals surface area (Å²) in [5.74, 6) is 0.197. The van der Waals surface area contributed by atoms with E-state index in [-0.39, 0.29) is 11.7 Å². The van der Waals surface area contributed by atoms with E-state index in [2.05, 4.69) is 20.6 Å². The number of amides is 1. The average Bonchev–Trinajstić information content (AvgIpc) is 2.39. The molecule has 100 valence electrons. The van der Waals surface area contributed by atoms with Crippen molar-refractivity contribution in [2.75, 3.05) is 18.4 Å². The van der Waals surface area contributed by atoms with Crippen LogP contribution >= 0.6 is 0 Å². The fraction of sp³-hybridized carbons (Fsp3) is 0.308. The summed E-state index contributed by atoms with van der Waals surface area (Å²) in [7, 11) is 0. The Kier molecular flexibility index (Phi) is 4.22. The largest absolute Gasteiger partial charge is 0.369 e. The lowest BCUT2D eigenvalue weighted by atomic mass is 10.2. The van der Waals surface area contributed by atoms with Crippen LogP contribution in [0.25, 0.3) is 10.9 Å². The van der Waals surface area contributed by atoms with Crippen molar-refractivity contribution in [1.29, 1.82) is 0 Å². The molecule has 1 amide bonds. The first kappa shape index (κ1) is 13.2. The van der Waals surface area contributed by atoms with Crippen LogP contribution in [0.4, 0.5) is 10.2 Å². The summed E-state index contributed by atoms with van der Waals surface area (Å²) in [6.07, 6.45) is 2.10. The molecule has 5 nitrogen and oxygen atoms in total. The maximum Gasteiger partial charge on any atom is 0.216 e. The van der Waals surface area contributed by atoms with Gasteiger partial charge in [-0.2, -0.15) is 0 Å². The van der Waals surface area contributed by atoms with Crippen LogP contribution in [0.1, 0.15) is 13.3 Å². The third-order valence-electron chi connectivity index (χ3n) is 2.64. The summed E-state index contributed by atoms with van der Waals surface area (Å²) >= 11 is 0. The second-order valence-corrected chi connectivity index (χ2v) is 4.12. The lowest BCUT2D eigenvalue weighted by Crippen LogP contribution is -2.22. The summed E-state index contributed by atoms with van der Waals surface area (Å²) in [6, 6.07) is 4.77. The van der Waals surface area contributed by atoms with Gasteiger partial charge in [-0.15, -0.1) is 0 Å². The Balaban J connectivity index is 2.01. The fourth-order valence-electron chi connectivity index (χ4n) is 1.75. The highest BCUT2D eigenvalue weighted by atomic mass is 19.1. The molecule has 0 atom stereocenters. The van der Waals surface area contributed by atoms with E-state index in [0.29, 0.717) is 29.8 Å². The topological polar surface area (TPSA) is 66.9 Å². The van der Waals surface area contributed by atoms with Crippen LogP contribution in [-0.4, -0.2) is 29.0 Å². The van der Waals surface area contributed by atoms with Gasteiger partial charge in [0.05, 0.1) is 0 Å². The molecule has 0 aliphatic heterocycles. The molecule has 0 saturated heterocycles. The Hall–Kier alpha value is -2.24. The molecule has 2 rings (SSSR count). The van der Waals surface area contributed by atoms with Crippen LogP contribution < -0.4 is 10.6 Å². The number of halogens is 1. The maximum atomic E-state index is 13.5. The molecule has 0 bridgehead atoms. The van der Waals surface area contributed by atoms with Gasteiger partial charge < -0.3 is 10.6 Å². The lowest BCUT2D eigenvalue weighted by molar-refractivity contribution is -0.118. The maximum absolute atomic E-state index is 13.5. The zero-order chi connectivity index (χ0) is 13.7. The molecule has 0 radical (unpaired) electrons. The second kappa shape index (κ2) is 6.08. The van der Waals surface area contributed by atoms with E-state index in [9.17, 15) is 9.18 Å². The molecular weight excluding hydrogens is 247 g/mol. The van der Waals surface area contributed by atoms with Crippen LogP contribution in [0, 0.1) is 5.82 Å². The first-order valence-corrected chi connectivity index (χ1v) is 6.06. The molecular formula is C13H15FN4O. The molecule has 1 heterocycles. The number of hydrogen-bond donors (Lipinski definition) is 2. The molecule has 6 heteroatoms. The van der Waals surface area contributed by atoms with E-state index in [4.69, 9.17) is 0 Å². The summed E-state index contributed by atoms with van der Waals surface area (Å²) in [5.41, 5.74) is 0.307. The molecule has 0 unspecified atom stereocenters. The molecule has 1 aromatic heterocycles. The molecule has 2 aromatic rings. The Morgan fingerprint density at radius 3 is 2.95 bits per heavy atom. The smallest absolute Gasteiger partial charge is 0.216 e. The molecule has 0 aliphatic carbocycles. The number of nitrogens with one attached hydrogen (secondary N) is 2. The van der Waals surface area contributed by atoms with Gasteiger partial charge in [0.1, 0.15) is 23.5 Å². The van der Waals surface area contributed by atoms with Gasteiger partial charge in [0.2, 0.25) is 5.91 Å². The quantitative estimate of drug-likeness (QED) is 0.805. The van der Waals surface area contributed by atoms with Crippen LogP contribution in [0.15, 0.2) is 24.5 Å². The van der Waals surface area contributed by atoms with Crippen molar-refractivity contribution in [1.82, 2.24) is 15.3 Å². The molecule has 0 aliphatic rings. The van der Waals surface area contributed by atoms with Crippen molar-refractivity contribution in [2.45, 2.75) is 13.3 Å². The SMILES string of the molecule is CC(=O)NCCCNc1ncnc2c(F)cccc12. The molecule has 0 saturated carbocycles. The number of benzene rings is 1. The van der Waals surface area contributed by atoms with Crippen molar-refractivity contribution in [3.63, 3.8) is 0 Å². The van der Waals surface area contributed by atoms with E-state index in [1.165, 1.54) is 19.3 Å². The molecule has 0 spiro atoms. The first-order valence-electron chi connectivity index (χ1n) is 6.06. The van der Waals surface area contributed by atoms with E-state index in [1.54, 1.807) is 12.1 Å². The Labute approximate surface area is 110 Å². The van der Waals surface area contributed by atoms with Crippen molar-refractivity contribution in [3.8, 4) is 0 Å². The Bertz CT molecular complexity index is 588. The predicted molar refractivity (Wildman–Crippen MR) is 71.3 cm³/mol. The van der Waals surface area contributed by atoms with Gasteiger partial charge >= 0.3 is 0 Å². The van der Waals surface area contributed by atoms with E-state index in [0.717, 1.165) is 6.42 Å². The number of rotatable bonds is 5. The predicted octanol–water partition coefficient (Wildman–Crippen LogP) is 1.71. The zero-order valence-electron chi connectivity index (χ0n) is 10.6. The minimum absolute atomic E-state index is 0.0467. The number of para-hydroxylation sites is 1. The minimum Gasteiger partial charge on any atom is -0.369 e. The zero-order valence-corrected chi connectivity index (χ0v) is 10.6. The van der Waals surface area contributed by atoms with E-state index < -0.39 is 0 Å². The van der Waals surface area contributed by atoms with Crippen molar-refractivity contribution >= 4 is 22.6 Å². The number of anilines is 1. The third kappa shape index (κ3) is 3.37. The number of carbonyl (C=O) groups excluding carboxylic acids is 1. The average molecular weight is 262 g/mol. The summed E-state index contributed by atoms with van der Waals surface area (Å²) in [5, 5.41) is 6.48. The van der Waals surface area contributed by atoms with Crippen LogP contribution in [-0.2, 0) is 4.79 Å². The number of hydrogen-bond acceptors (Lipinski definition) is 4. The Morgan fingerprint density at radius 2 is 2.16 bits per heavy atom. The van der Waals surface area contributed by atoms with E-state index in [1.807, 2.05) is 0 Å². The third-order valence-corrected chi connectivity index (χ3v) is 2.64. The highest BCUT2D eigenvalue weighted by molar-refractivity contribution is 5.89. The molecule has 19 heavy (non-hydrogen) atoms. The van der Waals surface area contributed by atoms with Crippen LogP contribution in [0.3, 0.4) is 0 Å². The number of aromatic nitrogens is 2. The van der Waals surface area contributed by atoms with Crippen molar-refractivity contribution in [2.24, 2.45) is 0 Å². The molecule has 2 N–H and O–H groups in total. The lowest BCUT2D eigenvalue weighted by Gasteiger charge is -2.08. The fourth-order valence-corrected chi connectivity index (χ4v) is 1.75. The van der Waals surface area contributed by atoms with Gasteiger partial charge in [0, 0.05) is 25.4 Å². The minimum atomic E-state index is -0.360. The molecule has 0 fully saturated rings. The highest BCUT2D eigenvalue weighted by Crippen LogP contribution is 2.20. The standard InChI is InChI=1S/C13H15FN4O/c1-9(19)15-6-3-7-16-13-10-4-2-5-11(14)12(10)17-8-18-13/h2,4-5,8H,3,6-7H2,1H3,(H,15,19)(H,16,17,18). The van der Waals surface area contributed by atoms with Crippen molar-refractivity contribution < 1.29 is 9.18 Å². The van der Waals surface area contributed by atoms with Gasteiger partial charge in [-0.1, -0.05) is 6.07 Å². The van der Waals surface area contributed by atoms with Gasteiger partial charge in [-0.3, -0.25) is 4.79 Å². The summed E-state index contributed by atoms with van der Waals surface area (Å²) < 4.78 is 13.5. The summed E-state index contributed by atoms with van der Waals surface area (Å²) in [6.45, 7) is 2.72. The normalized spacial score (nSPS) is 10.4. The monoisotopic (exact) mass is 262 g/mol. The van der Waals surface area contributed by atoms with Gasteiger partial charge in [0.15, 0.2) is 0 Å². The van der Waals surface area contributed by atoms with Crippen LogP contribution in [0.2, 0.25) is 0 Å². The van der Waals surface area contributed by atoms with Gasteiger partial charge in [-0.25, -0.2) is 14.4 Å². The van der Waals surface area contributed by atoms with Gasteiger partial charge in [-0.05, 0) is 18.6 Å². The second-order valence-electron chi connectivity index (χ2n) is 4.12. The number of fused-ring (bicyclic) bond motifs is 1. The number of nitrogens with zero attached hydrogens (tertiary/aromatic N) is 2. The van der Waals surface area contributed by atoms with Gasteiger partial charge in [0.25, 0.3) is 0 Å². The molecule has 1 aromatic carbocycles. The number of carbonyl (C=O) groups is 1. The van der Waals surface area contributed by atoms with Crippen LogP contribution in [0.5, 0.6) is 0 Å². The summed E-state index contributed by atoms with van der Waals surface area (Å²) in [4.78, 5) is 18.7.